The van der Waals surface area contributed by atoms with Crippen molar-refractivity contribution in [3.05, 3.63) is 53.1 Å². The summed E-state index contributed by atoms with van der Waals surface area (Å²) in [5.74, 6) is 0.815. The summed E-state index contributed by atoms with van der Waals surface area (Å²) in [5, 5.41) is 20.9. The molecule has 1 aliphatic carbocycles. The van der Waals surface area contributed by atoms with Crippen LogP contribution in [0.3, 0.4) is 0 Å². The monoisotopic (exact) mass is 464 g/mol. The van der Waals surface area contributed by atoms with Gasteiger partial charge in [-0.2, -0.15) is 10.2 Å². The van der Waals surface area contributed by atoms with Crippen molar-refractivity contribution < 1.29 is 14.4 Å². The molecule has 1 heterocycles. The molecule has 12 radical (unpaired) electrons. The molecule has 1 aliphatic rings. The molecule has 0 unspecified atom stereocenters. The van der Waals surface area contributed by atoms with E-state index >= 15 is 0 Å². The summed E-state index contributed by atoms with van der Waals surface area (Å²) in [5.41, 5.74) is 2.27. The summed E-state index contributed by atoms with van der Waals surface area (Å²) in [4.78, 5) is 4.50. The van der Waals surface area contributed by atoms with Gasteiger partial charge in [-0.3, -0.25) is 0 Å². The van der Waals surface area contributed by atoms with Crippen molar-refractivity contribution in [2.45, 2.75) is 41.8 Å². The Hall–Kier alpha value is -2.82. The average Bonchev–Trinajstić information content (AvgIpc) is 3.32. The van der Waals surface area contributed by atoms with Crippen molar-refractivity contribution in [2.75, 3.05) is 6.54 Å². The van der Waals surface area contributed by atoms with Crippen molar-refractivity contribution in [2.24, 2.45) is 0 Å². The molecule has 1 aromatic heterocycles. The first-order valence-corrected chi connectivity index (χ1v) is 11.1. The highest BCUT2D eigenvalue weighted by Crippen LogP contribution is 2.58. The molecule has 36 heavy (non-hydrogen) atoms. The molecule has 13 heteroatoms. The minimum Gasteiger partial charge on any atom is -0.490 e. The maximum Gasteiger partial charge on any atom is 0.258 e. The Kier molecular flexibility index (Phi) is 6.74. The highest BCUT2D eigenvalue weighted by molar-refractivity contribution is 6.55. The van der Waals surface area contributed by atoms with Gasteiger partial charge in [0.15, 0.2) is 0 Å². The highest BCUT2D eigenvalue weighted by atomic mass is 16.5. The Balaban J connectivity index is 1.75. The van der Waals surface area contributed by atoms with Crippen LogP contribution in [0.25, 0.3) is 22.8 Å². The summed E-state index contributed by atoms with van der Waals surface area (Å²) in [6, 6.07) is 11.5. The van der Waals surface area contributed by atoms with Crippen molar-refractivity contribution in [1.29, 1.82) is 5.26 Å². The summed E-state index contributed by atoms with van der Waals surface area (Å²) in [6.07, 6.45) is -0.0926. The molecule has 7 nitrogen and oxygen atoms in total. The van der Waals surface area contributed by atoms with Gasteiger partial charge in [0, 0.05) is 23.7 Å². The second-order valence-corrected chi connectivity index (χ2v) is 9.29. The molecule has 3 aromatic rings. The Bertz CT molecular complexity index is 1330. The van der Waals surface area contributed by atoms with Gasteiger partial charge < -0.3 is 19.7 Å². The zero-order valence-corrected chi connectivity index (χ0v) is 19.9. The topological polar surface area (TPSA) is 104 Å². The van der Waals surface area contributed by atoms with E-state index in [9.17, 15) is 10.4 Å². The molecular formula is C23H18B6N4O3. The lowest BCUT2D eigenvalue weighted by Gasteiger charge is -2.43. The number of rotatable bonds is 7. The van der Waals surface area contributed by atoms with Gasteiger partial charge in [0.05, 0.1) is 43.1 Å². The Labute approximate surface area is 218 Å². The van der Waals surface area contributed by atoms with Crippen LogP contribution in [0.5, 0.6) is 5.75 Å². The molecule has 0 spiro atoms. The molecule has 4 rings (SSSR count). The van der Waals surface area contributed by atoms with Gasteiger partial charge in [-0.15, -0.1) is 0 Å². The van der Waals surface area contributed by atoms with Gasteiger partial charge in [0.2, 0.25) is 5.82 Å². The van der Waals surface area contributed by atoms with E-state index in [1.165, 1.54) is 0 Å². The number of aromatic nitrogens is 2. The average molecular weight is 463 g/mol. The maximum atomic E-state index is 9.76. The number of nitriles is 1. The van der Waals surface area contributed by atoms with Crippen LogP contribution in [-0.2, 0) is 5.21 Å². The first-order chi connectivity index (χ1) is 16.8. The van der Waals surface area contributed by atoms with Gasteiger partial charge in [0.1, 0.15) is 27.5 Å². The lowest BCUT2D eigenvalue weighted by Crippen LogP contribution is -2.48. The third-order valence-corrected chi connectivity index (χ3v) is 5.98. The fourth-order valence-corrected chi connectivity index (χ4v) is 4.27. The van der Waals surface area contributed by atoms with E-state index in [0.29, 0.717) is 33.6 Å². The van der Waals surface area contributed by atoms with Crippen LogP contribution in [0.2, 0.25) is 5.21 Å². The standard InChI is InChI=1S/C23H18B6N4O3/c1-11(2)35-16-7-6-12(8-13(16)9-30)20-32-19(33-36-20)15-5-3-4-14-17(15)22(26,27)23(28,29)18(14)31-10-21(24,25)34/h3-8,11,18,31,34H,10H2,1-2H3/t18-/m1/s1. The van der Waals surface area contributed by atoms with Crippen LogP contribution < -0.4 is 10.1 Å². The SMILES string of the molecule is [B]C([B])(O)CN[C@@H]1c2cccc(-c3noc(-c4ccc(OC(C)C)c(C#N)c4)n3)c2C([B])([B])C1([B])[B]. The van der Waals surface area contributed by atoms with Crippen LogP contribution in [0.15, 0.2) is 40.9 Å². The predicted octanol–water partition coefficient (Wildman–Crippen LogP) is 0.633. The third kappa shape index (κ3) is 4.65. The zero-order valence-electron chi connectivity index (χ0n) is 19.9. The molecule has 0 bridgehead atoms. The summed E-state index contributed by atoms with van der Waals surface area (Å²) >= 11 is 0. The van der Waals surface area contributed by atoms with Gasteiger partial charge >= 0.3 is 0 Å². The minimum absolute atomic E-state index is 0.0926. The van der Waals surface area contributed by atoms with Gasteiger partial charge in [-0.1, -0.05) is 33.8 Å². The van der Waals surface area contributed by atoms with E-state index in [1.54, 1.807) is 36.4 Å². The number of fused-ring (bicyclic) bond motifs is 1. The van der Waals surface area contributed by atoms with E-state index in [0.717, 1.165) is 0 Å². The van der Waals surface area contributed by atoms with Gasteiger partial charge in [-0.25, -0.2) is 0 Å². The van der Waals surface area contributed by atoms with Crippen molar-refractivity contribution >= 4 is 47.1 Å². The molecule has 166 valence electrons. The Morgan fingerprint density at radius 2 is 1.94 bits per heavy atom. The number of benzene rings is 2. The van der Waals surface area contributed by atoms with E-state index in [4.69, 9.17) is 56.3 Å². The second kappa shape index (κ2) is 9.24. The fraction of sp³-hybridized carbons (Fsp3) is 0.348. The maximum absolute atomic E-state index is 9.76. The zero-order chi connectivity index (χ0) is 26.5. The molecule has 0 saturated heterocycles. The Morgan fingerprint density at radius 3 is 2.58 bits per heavy atom. The molecule has 0 saturated carbocycles. The Morgan fingerprint density at radius 1 is 1.22 bits per heavy atom. The number of nitrogens with zero attached hydrogens (tertiary/aromatic N) is 3. The number of hydrogen-bond acceptors (Lipinski definition) is 7. The van der Waals surface area contributed by atoms with Crippen LogP contribution in [0.1, 0.15) is 36.6 Å². The smallest absolute Gasteiger partial charge is 0.258 e. The van der Waals surface area contributed by atoms with Crippen LogP contribution >= 0.6 is 0 Å². The van der Waals surface area contributed by atoms with Crippen molar-refractivity contribution in [1.82, 2.24) is 15.5 Å². The van der Waals surface area contributed by atoms with Crippen LogP contribution in [0, 0.1) is 11.3 Å². The number of nitrogens with one attached hydrogen (secondary N) is 1. The number of aliphatic hydroxyl groups is 1. The lowest BCUT2D eigenvalue weighted by atomic mass is 9.29. The summed E-state index contributed by atoms with van der Waals surface area (Å²) in [6.45, 7) is 3.50. The molecule has 2 N–H and O–H groups in total. The van der Waals surface area contributed by atoms with E-state index < -0.39 is 21.9 Å². The number of hydrogen-bond donors (Lipinski definition) is 2. The third-order valence-electron chi connectivity index (χ3n) is 5.98. The second-order valence-electron chi connectivity index (χ2n) is 9.29. The van der Waals surface area contributed by atoms with Crippen molar-refractivity contribution in [3.63, 3.8) is 0 Å². The summed E-state index contributed by atoms with van der Waals surface area (Å²) < 4.78 is 11.2. The first kappa shape index (κ1) is 26.2. The predicted molar refractivity (Wildman–Crippen MR) is 140 cm³/mol. The molecule has 0 amide bonds. The van der Waals surface area contributed by atoms with Crippen LogP contribution in [0.4, 0.5) is 0 Å². The largest absolute Gasteiger partial charge is 0.490 e. The van der Waals surface area contributed by atoms with Gasteiger partial charge in [-0.05, 0) is 48.6 Å². The van der Waals surface area contributed by atoms with E-state index in [-0.39, 0.29) is 24.4 Å². The van der Waals surface area contributed by atoms with E-state index in [2.05, 4.69) is 21.5 Å². The minimum atomic E-state index is -2.01. The molecule has 0 aliphatic heterocycles. The molecular weight excluding hydrogens is 445 g/mol. The van der Waals surface area contributed by atoms with Gasteiger partial charge in [0.25, 0.3) is 5.89 Å². The molecule has 0 fully saturated rings. The lowest BCUT2D eigenvalue weighted by molar-refractivity contribution is 0.202. The highest BCUT2D eigenvalue weighted by Gasteiger charge is 2.51. The normalized spacial score (nSPS) is 18.0. The van der Waals surface area contributed by atoms with E-state index in [1.807, 2.05) is 13.8 Å². The molecule has 2 aromatic carbocycles. The quantitative estimate of drug-likeness (QED) is 0.496. The molecule has 1 atom stereocenters. The fourth-order valence-electron chi connectivity index (χ4n) is 4.27. The first-order valence-electron chi connectivity index (χ1n) is 11.1. The summed E-state index contributed by atoms with van der Waals surface area (Å²) in [7, 11) is 36.7. The van der Waals surface area contributed by atoms with Crippen molar-refractivity contribution in [3.8, 4) is 34.7 Å². The van der Waals surface area contributed by atoms with Crippen LogP contribution in [-0.4, -0.2) is 80.4 Å². The number of ether oxygens (including phenoxy) is 1.